The molecular weight excluding hydrogens is 855 g/mol. The zero-order valence-corrected chi connectivity index (χ0v) is 40.0. The van der Waals surface area contributed by atoms with Crippen molar-refractivity contribution in [3.05, 3.63) is 82.2 Å². The number of rotatable bonds is 10. The minimum Gasteiger partial charge on any atom is -0.464 e. The van der Waals surface area contributed by atoms with Gasteiger partial charge in [-0.3, -0.25) is 29.4 Å². The summed E-state index contributed by atoms with van der Waals surface area (Å²) < 4.78 is 21.0. The highest BCUT2D eigenvalue weighted by Crippen LogP contribution is 2.47. The number of ether oxygens (including phenoxy) is 3. The number of aryl methyl sites for hydroxylation is 1. The molecule has 3 aliphatic heterocycles. The van der Waals surface area contributed by atoms with Gasteiger partial charge in [-0.1, -0.05) is 26.0 Å². The predicted molar refractivity (Wildman–Crippen MR) is 255 cm³/mol. The summed E-state index contributed by atoms with van der Waals surface area (Å²) >= 11 is 1.40. The third-order valence-corrected chi connectivity index (χ3v) is 14.6. The van der Waals surface area contributed by atoms with Gasteiger partial charge in [-0.05, 0) is 89.4 Å². The number of nitrogens with zero attached hydrogens (tertiary/aromatic N) is 7. The van der Waals surface area contributed by atoms with Crippen LogP contribution in [-0.4, -0.2) is 119 Å². The summed E-state index contributed by atoms with van der Waals surface area (Å²) in [7, 11) is 3.88. The van der Waals surface area contributed by atoms with Crippen molar-refractivity contribution >= 4 is 45.7 Å². The van der Waals surface area contributed by atoms with Crippen molar-refractivity contribution in [2.45, 2.75) is 97.1 Å². The highest BCUT2D eigenvalue weighted by Gasteiger charge is 2.48. The lowest BCUT2D eigenvalue weighted by Gasteiger charge is -2.37. The summed E-state index contributed by atoms with van der Waals surface area (Å²) in [6.45, 7) is 15.6. The van der Waals surface area contributed by atoms with Crippen LogP contribution < -0.4 is 15.6 Å². The van der Waals surface area contributed by atoms with Crippen LogP contribution in [0.15, 0.2) is 60.2 Å². The molecule has 15 nitrogen and oxygen atoms in total. The van der Waals surface area contributed by atoms with Crippen LogP contribution in [0.25, 0.3) is 33.4 Å². The minimum atomic E-state index is -1.13. The van der Waals surface area contributed by atoms with Crippen molar-refractivity contribution in [1.82, 2.24) is 40.2 Å². The smallest absolute Gasteiger partial charge is 0.324 e. The van der Waals surface area contributed by atoms with E-state index in [1.807, 2.05) is 43.6 Å². The van der Waals surface area contributed by atoms with Crippen molar-refractivity contribution in [3.8, 4) is 22.5 Å². The van der Waals surface area contributed by atoms with Gasteiger partial charge in [0.25, 0.3) is 5.91 Å². The topological polar surface area (TPSA) is 156 Å². The van der Waals surface area contributed by atoms with Crippen molar-refractivity contribution in [2.75, 3.05) is 65.0 Å². The Labute approximate surface area is 391 Å². The SMILES string of the molecule is CCO[C@@H]1c2nc(cs2)-c2ccc3c(c2)c(c(-c2cc(N4CCN(C)CC4)cnc2[C@H](C)OC)n3CC)CC(C)(C)COC(=O)[C@@H]2CCCN(N2)C(=O)[C@H]1NC(=O)[C@@H]1C[C@H]1c1ccccn1. The van der Waals surface area contributed by atoms with E-state index in [1.165, 1.54) is 16.3 Å². The molecule has 350 valence electrons. The number of piperazine rings is 1. The Balaban J connectivity index is 1.17. The lowest BCUT2D eigenvalue weighted by atomic mass is 9.84. The molecule has 7 heterocycles. The Morgan fingerprint density at radius 2 is 1.89 bits per heavy atom. The van der Waals surface area contributed by atoms with Crippen LogP contribution in [0.1, 0.15) is 94.0 Å². The molecule has 2 saturated heterocycles. The molecule has 4 aliphatic rings. The molecule has 2 amide bonds. The Morgan fingerprint density at radius 3 is 2.64 bits per heavy atom. The summed E-state index contributed by atoms with van der Waals surface area (Å²) in [5.41, 5.74) is 11.4. The zero-order valence-electron chi connectivity index (χ0n) is 39.2. The highest BCUT2D eigenvalue weighted by molar-refractivity contribution is 7.10. The number of pyridine rings is 2. The molecule has 1 aliphatic carbocycles. The number of amides is 2. The monoisotopic (exact) mass is 917 g/mol. The number of hydrogen-bond acceptors (Lipinski definition) is 13. The molecule has 66 heavy (non-hydrogen) atoms. The van der Waals surface area contributed by atoms with Crippen LogP contribution in [0.4, 0.5) is 5.69 Å². The molecule has 16 heteroatoms. The van der Waals surface area contributed by atoms with Crippen LogP contribution in [0.2, 0.25) is 0 Å². The predicted octanol–water partition coefficient (Wildman–Crippen LogP) is 6.69. The number of thiazole rings is 1. The third-order valence-electron chi connectivity index (χ3n) is 13.7. The van der Waals surface area contributed by atoms with Gasteiger partial charge in [0.05, 0.1) is 41.7 Å². The molecule has 0 radical (unpaired) electrons. The number of benzene rings is 1. The highest BCUT2D eigenvalue weighted by atomic mass is 32.1. The van der Waals surface area contributed by atoms with Crippen LogP contribution in [0, 0.1) is 11.3 Å². The summed E-state index contributed by atoms with van der Waals surface area (Å²) in [6.07, 6.45) is 4.82. The van der Waals surface area contributed by atoms with Gasteiger partial charge in [-0.2, -0.15) is 0 Å². The number of nitrogens with one attached hydrogen (secondary N) is 2. The van der Waals surface area contributed by atoms with E-state index in [-0.39, 0.29) is 37.1 Å². The summed E-state index contributed by atoms with van der Waals surface area (Å²) in [5.74, 6) is -1.45. The average molecular weight is 918 g/mol. The lowest BCUT2D eigenvalue weighted by molar-refractivity contribution is -0.156. The summed E-state index contributed by atoms with van der Waals surface area (Å²) in [6, 6.07) is 12.6. The largest absolute Gasteiger partial charge is 0.464 e. The molecule has 6 bridgehead atoms. The van der Waals surface area contributed by atoms with Crippen LogP contribution >= 0.6 is 11.3 Å². The number of hydrazine groups is 1. The lowest BCUT2D eigenvalue weighted by Crippen LogP contribution is -2.61. The molecule has 4 aromatic heterocycles. The third kappa shape index (κ3) is 9.22. The van der Waals surface area contributed by atoms with Crippen LogP contribution in [0.5, 0.6) is 0 Å². The molecule has 3 fully saturated rings. The fourth-order valence-corrected chi connectivity index (χ4v) is 10.8. The Bertz CT molecular complexity index is 2570. The van der Waals surface area contributed by atoms with Crippen LogP contribution in [0.3, 0.4) is 0 Å². The van der Waals surface area contributed by atoms with Gasteiger partial charge in [-0.15, -0.1) is 11.3 Å². The van der Waals surface area contributed by atoms with Gasteiger partial charge in [0.1, 0.15) is 23.2 Å². The number of aromatic nitrogens is 4. The fourth-order valence-electron chi connectivity index (χ4n) is 9.88. The van der Waals surface area contributed by atoms with E-state index < -0.39 is 35.5 Å². The average Bonchev–Trinajstić information content (AvgIpc) is 3.90. The van der Waals surface area contributed by atoms with Gasteiger partial charge in [0.2, 0.25) is 5.91 Å². The number of likely N-dealkylation sites (N-methyl/N-ethyl adjacent to an activating group) is 1. The number of cyclic esters (lactones) is 1. The first-order chi connectivity index (χ1) is 31.9. The summed E-state index contributed by atoms with van der Waals surface area (Å²) in [5, 5.41) is 8.20. The molecular formula is C50H63N9O6S. The van der Waals surface area contributed by atoms with Gasteiger partial charge < -0.3 is 33.9 Å². The van der Waals surface area contributed by atoms with E-state index in [0.29, 0.717) is 43.8 Å². The summed E-state index contributed by atoms with van der Waals surface area (Å²) in [4.78, 5) is 62.5. The number of anilines is 1. The van der Waals surface area contributed by atoms with Gasteiger partial charge in [-0.25, -0.2) is 10.4 Å². The second kappa shape index (κ2) is 19.2. The quantitative estimate of drug-likeness (QED) is 0.144. The molecule has 0 spiro atoms. The van der Waals surface area contributed by atoms with E-state index in [2.05, 4.69) is 82.2 Å². The maximum Gasteiger partial charge on any atom is 0.324 e. The number of carbonyl (C=O) groups is 3. The van der Waals surface area contributed by atoms with Gasteiger partial charge >= 0.3 is 5.97 Å². The number of carbonyl (C=O) groups excluding carboxylic acids is 3. The van der Waals surface area contributed by atoms with E-state index in [4.69, 9.17) is 24.2 Å². The minimum absolute atomic E-state index is 0.0379. The van der Waals surface area contributed by atoms with Crippen molar-refractivity contribution < 1.29 is 28.6 Å². The van der Waals surface area contributed by atoms with E-state index in [9.17, 15) is 14.4 Å². The van der Waals surface area contributed by atoms with Crippen molar-refractivity contribution in [3.63, 3.8) is 0 Å². The Morgan fingerprint density at radius 1 is 1.08 bits per heavy atom. The second-order valence-corrected chi connectivity index (χ2v) is 19.9. The number of fused-ring (bicyclic) bond motifs is 6. The van der Waals surface area contributed by atoms with E-state index in [1.54, 1.807) is 13.3 Å². The van der Waals surface area contributed by atoms with Crippen LogP contribution in [-0.2, 0) is 41.6 Å². The molecule has 6 atom stereocenters. The number of esters is 1. The number of methoxy groups -OCH3 is 1. The zero-order chi connectivity index (χ0) is 46.3. The molecule has 1 aromatic carbocycles. The van der Waals surface area contributed by atoms with Crippen molar-refractivity contribution in [1.29, 1.82) is 0 Å². The first-order valence-electron chi connectivity index (χ1n) is 23.5. The Kier molecular flexibility index (Phi) is 13.3. The number of hydrogen-bond donors (Lipinski definition) is 2. The standard InChI is InChI=1S/C50H63N9O6S/c1-8-58-41-16-15-31-23-34(41)37(44(58)36-24-32(27-52-42(36)30(3)63-7)57-21-19-56(6)20-22-57)26-50(4,5)29-65-49(62)39-14-12-18-59(55-39)48(61)43(45(64-9-2)47-53-40(31)28-66-47)54-46(60)35-25-33(35)38-13-10-11-17-51-38/h10-11,13,15-17,23-24,27-28,30,33,35,39,43,45,55H,8-9,12,14,18-22,25-26,29H2,1-7H3,(H,54,60)/t30-,33+,35+,39-,43-,45-/m0/s1. The van der Waals surface area contributed by atoms with Gasteiger partial charge in [0.15, 0.2) is 0 Å². The Hall–Kier alpha value is -5.26. The maximum absolute atomic E-state index is 14.8. The fraction of sp³-hybridized carbons (Fsp3) is 0.520. The van der Waals surface area contributed by atoms with Crippen molar-refractivity contribution in [2.24, 2.45) is 11.3 Å². The molecule has 2 N–H and O–H groups in total. The second-order valence-electron chi connectivity index (χ2n) is 19.0. The molecule has 5 aromatic rings. The molecule has 0 unspecified atom stereocenters. The van der Waals surface area contributed by atoms with Gasteiger partial charge in [0, 0.05) is 110 Å². The normalized spacial score (nSPS) is 24.2. The maximum atomic E-state index is 14.8. The first-order valence-corrected chi connectivity index (χ1v) is 24.4. The molecule has 9 rings (SSSR count). The van der Waals surface area contributed by atoms with E-state index >= 15 is 0 Å². The van der Waals surface area contributed by atoms with E-state index in [0.717, 1.165) is 82.2 Å². The first kappa shape index (κ1) is 45.9. The molecule has 1 saturated carbocycles.